The van der Waals surface area contributed by atoms with Gasteiger partial charge in [-0.3, -0.25) is 4.79 Å². The Morgan fingerprint density at radius 2 is 1.94 bits per heavy atom. The summed E-state index contributed by atoms with van der Waals surface area (Å²) in [6.07, 6.45) is 1.81. The van der Waals surface area contributed by atoms with Crippen molar-refractivity contribution < 1.29 is 9.18 Å². The Balaban J connectivity index is 1.96. The molecule has 0 unspecified atom stereocenters. The molecule has 1 amide bonds. The van der Waals surface area contributed by atoms with E-state index in [9.17, 15) is 9.18 Å². The summed E-state index contributed by atoms with van der Waals surface area (Å²) in [4.78, 5) is 15.6. The van der Waals surface area contributed by atoms with Crippen LogP contribution in [0, 0.1) is 5.82 Å². The summed E-state index contributed by atoms with van der Waals surface area (Å²) in [5.41, 5.74) is 0.764. The number of carbonyl (C=O) groups excluding carboxylic acids is 1. The minimum atomic E-state index is -0.307. The van der Waals surface area contributed by atoms with Crippen LogP contribution in [0.5, 0.6) is 0 Å². The van der Waals surface area contributed by atoms with Gasteiger partial charge in [0.1, 0.15) is 11.6 Å². The van der Waals surface area contributed by atoms with Crippen molar-refractivity contribution in [3.05, 3.63) is 60.0 Å². The van der Waals surface area contributed by atoms with Crippen molar-refractivity contribution in [3.63, 3.8) is 0 Å². The van der Waals surface area contributed by atoms with Crippen molar-refractivity contribution in [1.29, 1.82) is 0 Å². The number of nitrogens with one attached hydrogen (secondary N) is 1. The van der Waals surface area contributed by atoms with E-state index in [4.69, 9.17) is 0 Å². The standard InChI is InChI=1S/C13H11FN2O/c14-11-6-4-10(5-7-11)9-13(17)16-12-3-1-2-8-15-12/h1-8H,9H2,(H,15,16,17). The molecule has 2 aromatic rings. The molecule has 1 N–H and O–H groups in total. The molecule has 0 bridgehead atoms. The molecule has 1 aromatic heterocycles. The maximum Gasteiger partial charge on any atom is 0.229 e. The molecule has 3 nitrogen and oxygen atoms in total. The van der Waals surface area contributed by atoms with Gasteiger partial charge in [-0.15, -0.1) is 0 Å². The molecule has 1 heterocycles. The summed E-state index contributed by atoms with van der Waals surface area (Å²) < 4.78 is 12.7. The summed E-state index contributed by atoms with van der Waals surface area (Å²) in [7, 11) is 0. The molecule has 86 valence electrons. The van der Waals surface area contributed by atoms with Crippen LogP contribution in [0.15, 0.2) is 48.7 Å². The Morgan fingerprint density at radius 3 is 2.59 bits per heavy atom. The highest BCUT2D eigenvalue weighted by Crippen LogP contribution is 2.06. The summed E-state index contributed by atoms with van der Waals surface area (Å²) >= 11 is 0. The van der Waals surface area contributed by atoms with Gasteiger partial charge in [-0.2, -0.15) is 0 Å². The minimum Gasteiger partial charge on any atom is -0.310 e. The highest BCUT2D eigenvalue weighted by molar-refractivity contribution is 5.91. The normalized spacial score (nSPS) is 9.94. The lowest BCUT2D eigenvalue weighted by molar-refractivity contribution is -0.115. The topological polar surface area (TPSA) is 42.0 Å². The molecule has 0 saturated carbocycles. The SMILES string of the molecule is O=C(Cc1ccc(F)cc1)Nc1ccccn1. The molecule has 0 atom stereocenters. The highest BCUT2D eigenvalue weighted by atomic mass is 19.1. The monoisotopic (exact) mass is 230 g/mol. The molecule has 17 heavy (non-hydrogen) atoms. The summed E-state index contributed by atoms with van der Waals surface area (Å²) in [5.74, 6) is 0.0359. The largest absolute Gasteiger partial charge is 0.310 e. The first-order valence-corrected chi connectivity index (χ1v) is 5.19. The maximum absolute atomic E-state index is 12.7. The van der Waals surface area contributed by atoms with E-state index in [1.807, 2.05) is 0 Å². The van der Waals surface area contributed by atoms with Crippen LogP contribution < -0.4 is 5.32 Å². The van der Waals surface area contributed by atoms with Gasteiger partial charge in [-0.25, -0.2) is 9.37 Å². The van der Waals surface area contributed by atoms with Gasteiger partial charge in [0.05, 0.1) is 6.42 Å². The van der Waals surface area contributed by atoms with Crippen LogP contribution in [0.3, 0.4) is 0 Å². The third kappa shape index (κ3) is 3.38. The van der Waals surface area contributed by atoms with E-state index in [1.54, 1.807) is 36.5 Å². The first-order valence-electron chi connectivity index (χ1n) is 5.19. The van der Waals surface area contributed by atoms with E-state index in [-0.39, 0.29) is 18.1 Å². The van der Waals surface area contributed by atoms with Gasteiger partial charge < -0.3 is 5.32 Å². The second kappa shape index (κ2) is 5.21. The summed E-state index contributed by atoms with van der Waals surface area (Å²) in [6, 6.07) is 11.1. The zero-order chi connectivity index (χ0) is 12.1. The second-order valence-electron chi connectivity index (χ2n) is 3.57. The van der Waals surface area contributed by atoms with Crippen molar-refractivity contribution in [2.24, 2.45) is 0 Å². The summed E-state index contributed by atoms with van der Waals surface area (Å²) in [6.45, 7) is 0. The van der Waals surface area contributed by atoms with E-state index < -0.39 is 0 Å². The number of hydrogen-bond donors (Lipinski definition) is 1. The third-order valence-electron chi connectivity index (χ3n) is 2.21. The molecule has 0 aliphatic rings. The van der Waals surface area contributed by atoms with E-state index in [0.717, 1.165) is 5.56 Å². The quantitative estimate of drug-likeness (QED) is 0.879. The van der Waals surface area contributed by atoms with Gasteiger partial charge in [-0.1, -0.05) is 18.2 Å². The number of hydrogen-bond acceptors (Lipinski definition) is 2. The molecule has 0 radical (unpaired) electrons. The Labute approximate surface area is 98.3 Å². The van der Waals surface area contributed by atoms with Gasteiger partial charge in [-0.05, 0) is 29.8 Å². The van der Waals surface area contributed by atoms with Crippen molar-refractivity contribution in [2.45, 2.75) is 6.42 Å². The predicted octanol–water partition coefficient (Wildman–Crippen LogP) is 2.40. The van der Waals surface area contributed by atoms with Crippen LogP contribution in [0.4, 0.5) is 10.2 Å². The van der Waals surface area contributed by atoms with Gasteiger partial charge in [0.25, 0.3) is 0 Å². The number of benzene rings is 1. The molecular formula is C13H11FN2O. The van der Waals surface area contributed by atoms with E-state index in [1.165, 1.54) is 12.1 Å². The van der Waals surface area contributed by atoms with Crippen LogP contribution in [0.25, 0.3) is 0 Å². The molecule has 0 aliphatic carbocycles. The van der Waals surface area contributed by atoms with Crippen molar-refractivity contribution in [1.82, 2.24) is 4.98 Å². The lowest BCUT2D eigenvalue weighted by atomic mass is 10.1. The van der Waals surface area contributed by atoms with E-state index in [2.05, 4.69) is 10.3 Å². The predicted molar refractivity (Wildman–Crippen MR) is 63.0 cm³/mol. The maximum atomic E-state index is 12.7. The fourth-order valence-corrected chi connectivity index (χ4v) is 1.41. The number of amides is 1. The van der Waals surface area contributed by atoms with Crippen LogP contribution in [0.2, 0.25) is 0 Å². The number of nitrogens with zero attached hydrogens (tertiary/aromatic N) is 1. The molecular weight excluding hydrogens is 219 g/mol. The highest BCUT2D eigenvalue weighted by Gasteiger charge is 2.04. The fraction of sp³-hybridized carbons (Fsp3) is 0.0769. The number of aromatic nitrogens is 1. The Morgan fingerprint density at radius 1 is 1.18 bits per heavy atom. The average molecular weight is 230 g/mol. The number of anilines is 1. The molecule has 4 heteroatoms. The smallest absolute Gasteiger partial charge is 0.229 e. The van der Waals surface area contributed by atoms with Gasteiger partial charge in [0.15, 0.2) is 0 Å². The van der Waals surface area contributed by atoms with Crippen LogP contribution >= 0.6 is 0 Å². The van der Waals surface area contributed by atoms with Crippen LogP contribution in [-0.4, -0.2) is 10.9 Å². The Bertz CT molecular complexity index is 497. The molecule has 0 aliphatic heterocycles. The number of pyridine rings is 1. The zero-order valence-corrected chi connectivity index (χ0v) is 9.06. The van der Waals surface area contributed by atoms with Crippen molar-refractivity contribution in [3.8, 4) is 0 Å². The lowest BCUT2D eigenvalue weighted by Crippen LogP contribution is -2.15. The Hall–Kier alpha value is -2.23. The molecule has 0 fully saturated rings. The van der Waals surface area contributed by atoms with Crippen molar-refractivity contribution in [2.75, 3.05) is 5.32 Å². The van der Waals surface area contributed by atoms with Crippen LogP contribution in [-0.2, 0) is 11.2 Å². The lowest BCUT2D eigenvalue weighted by Gasteiger charge is -2.03. The zero-order valence-electron chi connectivity index (χ0n) is 9.06. The van der Waals surface area contributed by atoms with Crippen LogP contribution in [0.1, 0.15) is 5.56 Å². The summed E-state index contributed by atoms with van der Waals surface area (Å²) in [5, 5.41) is 2.66. The molecule has 0 saturated heterocycles. The van der Waals surface area contributed by atoms with Crippen molar-refractivity contribution >= 4 is 11.7 Å². The molecule has 1 aromatic carbocycles. The van der Waals surface area contributed by atoms with E-state index >= 15 is 0 Å². The van der Waals surface area contributed by atoms with Gasteiger partial charge in [0, 0.05) is 6.20 Å². The minimum absolute atomic E-state index is 0.171. The van der Waals surface area contributed by atoms with Gasteiger partial charge >= 0.3 is 0 Å². The number of rotatable bonds is 3. The third-order valence-corrected chi connectivity index (χ3v) is 2.21. The first-order chi connectivity index (χ1) is 8.24. The molecule has 2 rings (SSSR count). The Kier molecular flexibility index (Phi) is 3.45. The fourth-order valence-electron chi connectivity index (χ4n) is 1.41. The van der Waals surface area contributed by atoms with Gasteiger partial charge in [0.2, 0.25) is 5.91 Å². The first kappa shape index (κ1) is 11.3. The molecule has 0 spiro atoms. The van der Waals surface area contributed by atoms with E-state index in [0.29, 0.717) is 5.82 Å². The average Bonchev–Trinajstić information content (AvgIpc) is 2.33. The number of halogens is 1. The number of carbonyl (C=O) groups is 1. The second-order valence-corrected chi connectivity index (χ2v) is 3.57.